The standard InChI is InChI=1S/C12H15Br/c1-8(2)11-6-9-4-3-5-10(9)7-12(11)13/h6-8H,3-5H2,1-2H3. The van der Waals surface area contributed by atoms with Gasteiger partial charge in [0, 0.05) is 4.47 Å². The third-order valence-corrected chi connectivity index (χ3v) is 3.52. The molecule has 0 saturated heterocycles. The SMILES string of the molecule is CC(C)c1cc2c(cc1Br)CCC2. The molecule has 0 heterocycles. The van der Waals surface area contributed by atoms with Gasteiger partial charge in [0.1, 0.15) is 0 Å². The second kappa shape index (κ2) is 3.45. The minimum atomic E-state index is 0.625. The van der Waals surface area contributed by atoms with Gasteiger partial charge in [-0.15, -0.1) is 0 Å². The molecule has 0 atom stereocenters. The predicted molar refractivity (Wildman–Crippen MR) is 60.3 cm³/mol. The summed E-state index contributed by atoms with van der Waals surface area (Å²) < 4.78 is 1.29. The van der Waals surface area contributed by atoms with Crippen LogP contribution in [0.4, 0.5) is 0 Å². The molecular weight excluding hydrogens is 224 g/mol. The highest BCUT2D eigenvalue weighted by atomic mass is 79.9. The molecule has 0 nitrogen and oxygen atoms in total. The molecule has 0 aromatic heterocycles. The van der Waals surface area contributed by atoms with Gasteiger partial charge >= 0.3 is 0 Å². The van der Waals surface area contributed by atoms with E-state index in [0.717, 1.165) is 0 Å². The van der Waals surface area contributed by atoms with Gasteiger partial charge in [-0.25, -0.2) is 0 Å². The summed E-state index contributed by atoms with van der Waals surface area (Å²) in [6, 6.07) is 4.70. The van der Waals surface area contributed by atoms with Crippen LogP contribution in [0.15, 0.2) is 16.6 Å². The Morgan fingerprint density at radius 3 is 2.38 bits per heavy atom. The molecule has 0 fully saturated rings. The molecule has 1 heteroatoms. The lowest BCUT2D eigenvalue weighted by Gasteiger charge is -2.11. The van der Waals surface area contributed by atoms with Crippen molar-refractivity contribution in [2.45, 2.75) is 39.0 Å². The van der Waals surface area contributed by atoms with Crippen LogP contribution in [0.2, 0.25) is 0 Å². The lowest BCUT2D eigenvalue weighted by Crippen LogP contribution is -1.92. The zero-order valence-corrected chi connectivity index (χ0v) is 9.82. The van der Waals surface area contributed by atoms with Crippen LogP contribution in [-0.2, 0) is 12.8 Å². The van der Waals surface area contributed by atoms with E-state index in [-0.39, 0.29) is 0 Å². The Morgan fingerprint density at radius 2 is 1.77 bits per heavy atom. The predicted octanol–water partition coefficient (Wildman–Crippen LogP) is 4.06. The molecule has 0 aliphatic heterocycles. The van der Waals surface area contributed by atoms with E-state index in [2.05, 4.69) is 41.9 Å². The zero-order chi connectivity index (χ0) is 9.42. The average Bonchev–Trinajstić information content (AvgIpc) is 2.48. The first-order chi connectivity index (χ1) is 6.18. The van der Waals surface area contributed by atoms with E-state index in [1.54, 1.807) is 11.1 Å². The van der Waals surface area contributed by atoms with Crippen LogP contribution < -0.4 is 0 Å². The number of hydrogen-bond acceptors (Lipinski definition) is 0. The van der Waals surface area contributed by atoms with Crippen LogP contribution in [0, 0.1) is 0 Å². The van der Waals surface area contributed by atoms with Crippen molar-refractivity contribution >= 4 is 15.9 Å². The van der Waals surface area contributed by atoms with Gasteiger partial charge in [0.2, 0.25) is 0 Å². The summed E-state index contributed by atoms with van der Waals surface area (Å²) in [5.41, 5.74) is 4.59. The third-order valence-electron chi connectivity index (χ3n) is 2.83. The highest BCUT2D eigenvalue weighted by molar-refractivity contribution is 9.10. The van der Waals surface area contributed by atoms with Crippen LogP contribution in [0.1, 0.15) is 42.9 Å². The van der Waals surface area contributed by atoms with E-state index in [9.17, 15) is 0 Å². The molecule has 1 aromatic carbocycles. The fourth-order valence-electron chi connectivity index (χ4n) is 2.06. The molecule has 0 amide bonds. The van der Waals surface area contributed by atoms with Crippen LogP contribution in [0.25, 0.3) is 0 Å². The van der Waals surface area contributed by atoms with E-state index < -0.39 is 0 Å². The molecule has 1 aliphatic rings. The molecule has 70 valence electrons. The minimum absolute atomic E-state index is 0.625. The smallest absolute Gasteiger partial charge is 0.0212 e. The Bertz CT molecular complexity index is 326. The first-order valence-electron chi connectivity index (χ1n) is 4.99. The molecule has 1 aromatic rings. The summed E-state index contributed by atoms with van der Waals surface area (Å²) in [6.07, 6.45) is 3.89. The van der Waals surface area contributed by atoms with Gasteiger partial charge in [0.15, 0.2) is 0 Å². The normalized spacial score (nSPS) is 15.1. The van der Waals surface area contributed by atoms with Gasteiger partial charge in [0.25, 0.3) is 0 Å². The van der Waals surface area contributed by atoms with Gasteiger partial charge in [-0.05, 0) is 47.9 Å². The van der Waals surface area contributed by atoms with Gasteiger partial charge in [-0.1, -0.05) is 35.8 Å². The molecule has 0 N–H and O–H groups in total. The summed E-state index contributed by atoms with van der Waals surface area (Å²) in [6.45, 7) is 4.50. The molecule has 2 rings (SSSR count). The number of benzene rings is 1. The zero-order valence-electron chi connectivity index (χ0n) is 8.23. The maximum atomic E-state index is 3.65. The minimum Gasteiger partial charge on any atom is -0.0586 e. The highest BCUT2D eigenvalue weighted by Crippen LogP contribution is 2.32. The fraction of sp³-hybridized carbons (Fsp3) is 0.500. The molecule has 0 radical (unpaired) electrons. The number of fused-ring (bicyclic) bond motifs is 1. The molecule has 0 bridgehead atoms. The van der Waals surface area contributed by atoms with Gasteiger partial charge < -0.3 is 0 Å². The van der Waals surface area contributed by atoms with Gasteiger partial charge in [-0.3, -0.25) is 0 Å². The van der Waals surface area contributed by atoms with E-state index in [1.165, 1.54) is 29.3 Å². The fourth-order valence-corrected chi connectivity index (χ4v) is 2.90. The summed E-state index contributed by atoms with van der Waals surface area (Å²) in [5.74, 6) is 0.625. The van der Waals surface area contributed by atoms with Crippen molar-refractivity contribution in [2.75, 3.05) is 0 Å². The monoisotopic (exact) mass is 238 g/mol. The summed E-state index contributed by atoms with van der Waals surface area (Å²) in [4.78, 5) is 0. The number of hydrogen-bond donors (Lipinski definition) is 0. The molecule has 1 aliphatic carbocycles. The number of halogens is 1. The van der Waals surface area contributed by atoms with Crippen molar-refractivity contribution in [3.05, 3.63) is 33.3 Å². The van der Waals surface area contributed by atoms with Crippen molar-refractivity contribution in [1.29, 1.82) is 0 Å². The third kappa shape index (κ3) is 1.67. The quantitative estimate of drug-likeness (QED) is 0.693. The van der Waals surface area contributed by atoms with E-state index >= 15 is 0 Å². The maximum Gasteiger partial charge on any atom is 0.0212 e. The Labute approximate surface area is 88.5 Å². The lowest BCUT2D eigenvalue weighted by atomic mass is 9.99. The molecule has 0 unspecified atom stereocenters. The largest absolute Gasteiger partial charge is 0.0586 e. The maximum absolute atomic E-state index is 3.65. The first kappa shape index (κ1) is 9.26. The van der Waals surface area contributed by atoms with Crippen molar-refractivity contribution in [1.82, 2.24) is 0 Å². The number of rotatable bonds is 1. The molecule has 0 spiro atoms. The Balaban J connectivity index is 2.49. The highest BCUT2D eigenvalue weighted by Gasteiger charge is 2.14. The second-order valence-corrected chi connectivity index (χ2v) is 5.01. The number of aryl methyl sites for hydroxylation is 2. The summed E-state index contributed by atoms with van der Waals surface area (Å²) in [7, 11) is 0. The molecular formula is C12H15Br. The molecule has 13 heavy (non-hydrogen) atoms. The van der Waals surface area contributed by atoms with Crippen LogP contribution >= 0.6 is 15.9 Å². The van der Waals surface area contributed by atoms with Crippen LogP contribution in [0.3, 0.4) is 0 Å². The Kier molecular flexibility index (Phi) is 2.46. The van der Waals surface area contributed by atoms with Crippen molar-refractivity contribution < 1.29 is 0 Å². The Hall–Kier alpha value is -0.300. The Morgan fingerprint density at radius 1 is 1.15 bits per heavy atom. The lowest BCUT2D eigenvalue weighted by molar-refractivity contribution is 0.856. The summed E-state index contributed by atoms with van der Waals surface area (Å²) in [5, 5.41) is 0. The van der Waals surface area contributed by atoms with Crippen LogP contribution in [-0.4, -0.2) is 0 Å². The average molecular weight is 239 g/mol. The van der Waals surface area contributed by atoms with Crippen molar-refractivity contribution in [2.24, 2.45) is 0 Å². The van der Waals surface area contributed by atoms with Crippen LogP contribution in [0.5, 0.6) is 0 Å². The molecule has 0 saturated carbocycles. The van der Waals surface area contributed by atoms with Gasteiger partial charge in [-0.2, -0.15) is 0 Å². The summed E-state index contributed by atoms with van der Waals surface area (Å²) >= 11 is 3.65. The second-order valence-electron chi connectivity index (χ2n) is 4.15. The van der Waals surface area contributed by atoms with E-state index in [4.69, 9.17) is 0 Å². The van der Waals surface area contributed by atoms with Crippen molar-refractivity contribution in [3.63, 3.8) is 0 Å². The van der Waals surface area contributed by atoms with Gasteiger partial charge in [0.05, 0.1) is 0 Å². The topological polar surface area (TPSA) is 0 Å². The van der Waals surface area contributed by atoms with E-state index in [0.29, 0.717) is 5.92 Å². The van der Waals surface area contributed by atoms with Crippen molar-refractivity contribution in [3.8, 4) is 0 Å². The first-order valence-corrected chi connectivity index (χ1v) is 5.79. The van der Waals surface area contributed by atoms with E-state index in [1.807, 2.05) is 0 Å².